The van der Waals surface area contributed by atoms with Crippen LogP contribution in [0, 0.1) is 5.41 Å². The first-order chi connectivity index (χ1) is 10.3. The van der Waals surface area contributed by atoms with Gasteiger partial charge in [-0.3, -0.25) is 4.79 Å². The Morgan fingerprint density at radius 1 is 1.23 bits per heavy atom. The molecule has 0 aromatic heterocycles. The number of aromatic carboxylic acids is 1. The molecule has 120 valence electrons. The number of hydrogen-bond acceptors (Lipinski definition) is 2. The van der Waals surface area contributed by atoms with Crippen molar-refractivity contribution in [2.24, 2.45) is 5.41 Å². The SMILES string of the molecule is CC(C)(C)C1CCCN1C(=O)CCc1ccc(C(=O)O)cc1. The van der Waals surface area contributed by atoms with E-state index in [1.165, 1.54) is 0 Å². The van der Waals surface area contributed by atoms with E-state index in [2.05, 4.69) is 20.8 Å². The van der Waals surface area contributed by atoms with Crippen molar-refractivity contribution in [3.63, 3.8) is 0 Å². The van der Waals surface area contributed by atoms with Crippen molar-refractivity contribution < 1.29 is 14.7 Å². The van der Waals surface area contributed by atoms with Crippen LogP contribution in [0.25, 0.3) is 0 Å². The summed E-state index contributed by atoms with van der Waals surface area (Å²) in [4.78, 5) is 25.3. The molecule has 0 saturated carbocycles. The largest absolute Gasteiger partial charge is 0.478 e. The van der Waals surface area contributed by atoms with E-state index in [1.807, 2.05) is 4.90 Å². The third-order valence-electron chi connectivity index (χ3n) is 4.40. The summed E-state index contributed by atoms with van der Waals surface area (Å²) < 4.78 is 0. The van der Waals surface area contributed by atoms with Crippen molar-refractivity contribution in [3.05, 3.63) is 35.4 Å². The number of rotatable bonds is 4. The quantitative estimate of drug-likeness (QED) is 0.928. The summed E-state index contributed by atoms with van der Waals surface area (Å²) in [6.45, 7) is 7.42. The lowest BCUT2D eigenvalue weighted by molar-refractivity contribution is -0.133. The molecule has 1 aliphatic heterocycles. The lowest BCUT2D eigenvalue weighted by Gasteiger charge is -2.35. The highest BCUT2D eigenvalue weighted by molar-refractivity contribution is 5.87. The number of carbonyl (C=O) groups is 2. The van der Waals surface area contributed by atoms with Gasteiger partial charge in [-0.05, 0) is 42.4 Å². The average molecular weight is 303 g/mol. The van der Waals surface area contributed by atoms with Gasteiger partial charge in [-0.2, -0.15) is 0 Å². The summed E-state index contributed by atoms with van der Waals surface area (Å²) >= 11 is 0. The third kappa shape index (κ3) is 3.87. The highest BCUT2D eigenvalue weighted by Crippen LogP contribution is 2.33. The zero-order valence-electron chi connectivity index (χ0n) is 13.6. The number of benzene rings is 1. The molecule has 1 amide bonds. The number of likely N-dealkylation sites (tertiary alicyclic amines) is 1. The molecule has 1 heterocycles. The van der Waals surface area contributed by atoms with Gasteiger partial charge in [0.2, 0.25) is 5.91 Å². The van der Waals surface area contributed by atoms with Crippen molar-refractivity contribution >= 4 is 11.9 Å². The minimum Gasteiger partial charge on any atom is -0.478 e. The van der Waals surface area contributed by atoms with Crippen molar-refractivity contribution in [2.45, 2.75) is 52.5 Å². The van der Waals surface area contributed by atoms with E-state index in [9.17, 15) is 9.59 Å². The normalized spacial score (nSPS) is 18.5. The maximum absolute atomic E-state index is 12.5. The molecule has 1 saturated heterocycles. The van der Waals surface area contributed by atoms with Gasteiger partial charge in [0.1, 0.15) is 0 Å². The van der Waals surface area contributed by atoms with Crippen LogP contribution in [0.5, 0.6) is 0 Å². The second kappa shape index (κ2) is 6.51. The molecular formula is C18H25NO3. The summed E-state index contributed by atoms with van der Waals surface area (Å²) in [6.07, 6.45) is 3.31. The molecule has 1 fully saturated rings. The summed E-state index contributed by atoms with van der Waals surface area (Å²) in [5.41, 5.74) is 1.40. The topological polar surface area (TPSA) is 57.6 Å². The van der Waals surface area contributed by atoms with E-state index >= 15 is 0 Å². The lowest BCUT2D eigenvalue weighted by atomic mass is 9.85. The van der Waals surface area contributed by atoms with Crippen molar-refractivity contribution in [3.8, 4) is 0 Å². The molecule has 1 N–H and O–H groups in total. The number of carboxylic acids is 1. The molecule has 1 unspecified atom stereocenters. The first-order valence-electron chi connectivity index (χ1n) is 7.91. The van der Waals surface area contributed by atoms with Gasteiger partial charge < -0.3 is 10.0 Å². The van der Waals surface area contributed by atoms with E-state index in [0.29, 0.717) is 18.9 Å². The number of nitrogens with zero attached hydrogens (tertiary/aromatic N) is 1. The first kappa shape index (κ1) is 16.5. The van der Waals surface area contributed by atoms with Crippen LogP contribution in [-0.2, 0) is 11.2 Å². The molecule has 1 aliphatic rings. The Hall–Kier alpha value is -1.84. The Morgan fingerprint density at radius 2 is 1.86 bits per heavy atom. The summed E-state index contributed by atoms with van der Waals surface area (Å²) in [5, 5.41) is 8.88. The molecule has 4 nitrogen and oxygen atoms in total. The molecule has 4 heteroatoms. The van der Waals surface area contributed by atoms with Gasteiger partial charge >= 0.3 is 5.97 Å². The summed E-state index contributed by atoms with van der Waals surface area (Å²) in [5.74, 6) is -0.715. The highest BCUT2D eigenvalue weighted by atomic mass is 16.4. The predicted octanol–water partition coefficient (Wildman–Crippen LogP) is 3.35. The van der Waals surface area contributed by atoms with Crippen LogP contribution in [-0.4, -0.2) is 34.5 Å². The van der Waals surface area contributed by atoms with E-state index in [-0.39, 0.29) is 16.9 Å². The fourth-order valence-corrected chi connectivity index (χ4v) is 3.17. The molecule has 0 bridgehead atoms. The molecule has 0 spiro atoms. The van der Waals surface area contributed by atoms with Crippen LogP contribution in [0.15, 0.2) is 24.3 Å². The molecule has 1 aromatic carbocycles. The maximum Gasteiger partial charge on any atom is 0.335 e. The first-order valence-corrected chi connectivity index (χ1v) is 7.91. The molecular weight excluding hydrogens is 278 g/mol. The van der Waals surface area contributed by atoms with Gasteiger partial charge in [-0.15, -0.1) is 0 Å². The van der Waals surface area contributed by atoms with Crippen LogP contribution in [0.1, 0.15) is 56.0 Å². The zero-order valence-corrected chi connectivity index (χ0v) is 13.6. The number of amides is 1. The van der Waals surface area contributed by atoms with Crippen LogP contribution in [0.2, 0.25) is 0 Å². The molecule has 0 radical (unpaired) electrons. The molecule has 0 aliphatic carbocycles. The minimum atomic E-state index is -0.923. The maximum atomic E-state index is 12.5. The number of aryl methyl sites for hydroxylation is 1. The van der Waals surface area contributed by atoms with E-state index in [4.69, 9.17) is 5.11 Å². The Balaban J connectivity index is 1.93. The van der Waals surface area contributed by atoms with Gasteiger partial charge in [0.15, 0.2) is 0 Å². The summed E-state index contributed by atoms with van der Waals surface area (Å²) in [7, 11) is 0. The smallest absolute Gasteiger partial charge is 0.335 e. The van der Waals surface area contributed by atoms with E-state index in [0.717, 1.165) is 24.9 Å². The standard InChI is InChI=1S/C18H25NO3/c1-18(2,3)15-5-4-12-19(15)16(20)11-8-13-6-9-14(10-7-13)17(21)22/h6-7,9-10,15H,4-5,8,11-12H2,1-3H3,(H,21,22). The Morgan fingerprint density at radius 3 is 2.41 bits per heavy atom. The third-order valence-corrected chi connectivity index (χ3v) is 4.40. The van der Waals surface area contributed by atoms with Crippen LogP contribution in [0.3, 0.4) is 0 Å². The Bertz CT molecular complexity index is 542. The Labute approximate surface area is 132 Å². The Kier molecular flexibility index (Phi) is 4.89. The molecule has 1 aromatic rings. The highest BCUT2D eigenvalue weighted by Gasteiger charge is 2.36. The monoisotopic (exact) mass is 303 g/mol. The van der Waals surface area contributed by atoms with E-state index in [1.54, 1.807) is 24.3 Å². The fourth-order valence-electron chi connectivity index (χ4n) is 3.17. The zero-order chi connectivity index (χ0) is 16.3. The van der Waals surface area contributed by atoms with Crippen LogP contribution in [0.4, 0.5) is 0 Å². The van der Waals surface area contributed by atoms with Crippen molar-refractivity contribution in [2.75, 3.05) is 6.54 Å². The lowest BCUT2D eigenvalue weighted by Crippen LogP contribution is -2.43. The van der Waals surface area contributed by atoms with Crippen molar-refractivity contribution in [1.29, 1.82) is 0 Å². The summed E-state index contributed by atoms with van der Waals surface area (Å²) in [6, 6.07) is 7.10. The van der Waals surface area contributed by atoms with E-state index < -0.39 is 5.97 Å². The van der Waals surface area contributed by atoms with Crippen LogP contribution < -0.4 is 0 Å². The predicted molar refractivity (Wildman–Crippen MR) is 85.9 cm³/mol. The van der Waals surface area contributed by atoms with Crippen LogP contribution >= 0.6 is 0 Å². The minimum absolute atomic E-state index is 0.120. The van der Waals surface area contributed by atoms with Crippen molar-refractivity contribution in [1.82, 2.24) is 4.90 Å². The van der Waals surface area contributed by atoms with Gasteiger partial charge in [0.25, 0.3) is 0 Å². The van der Waals surface area contributed by atoms with Gasteiger partial charge in [-0.1, -0.05) is 32.9 Å². The average Bonchev–Trinajstić information content (AvgIpc) is 2.94. The molecule has 1 atom stereocenters. The molecule has 2 rings (SSSR count). The second-order valence-corrected chi connectivity index (χ2v) is 7.11. The number of hydrogen-bond donors (Lipinski definition) is 1. The van der Waals surface area contributed by atoms with Gasteiger partial charge in [0.05, 0.1) is 5.56 Å². The molecule has 22 heavy (non-hydrogen) atoms. The number of carbonyl (C=O) groups excluding carboxylic acids is 1. The second-order valence-electron chi connectivity index (χ2n) is 7.11. The van der Waals surface area contributed by atoms with Gasteiger partial charge in [-0.25, -0.2) is 4.79 Å². The number of carboxylic acid groups (broad SMARTS) is 1. The fraction of sp³-hybridized carbons (Fsp3) is 0.556. The van der Waals surface area contributed by atoms with Gasteiger partial charge in [0, 0.05) is 19.0 Å².